The molecule has 4 nitrogen and oxygen atoms in total. The summed E-state index contributed by atoms with van der Waals surface area (Å²) in [5.74, 6) is -0.246. The summed E-state index contributed by atoms with van der Waals surface area (Å²) in [4.78, 5) is 8.01. The number of halogens is 1. The van der Waals surface area contributed by atoms with E-state index in [2.05, 4.69) is 9.97 Å². The van der Waals surface area contributed by atoms with Gasteiger partial charge in [-0.15, -0.1) is 0 Å². The molecular formula is C12H12FN3O. The van der Waals surface area contributed by atoms with Gasteiger partial charge >= 0.3 is 0 Å². The van der Waals surface area contributed by atoms with Crippen LogP contribution in [-0.4, -0.2) is 17.1 Å². The molecule has 2 aromatic rings. The number of hydrogen-bond donors (Lipinski definition) is 1. The van der Waals surface area contributed by atoms with Gasteiger partial charge in [0.15, 0.2) is 11.6 Å². The average Bonchev–Trinajstić information content (AvgIpc) is 2.39. The van der Waals surface area contributed by atoms with Crippen LogP contribution < -0.4 is 10.5 Å². The van der Waals surface area contributed by atoms with Crippen molar-refractivity contribution >= 4 is 0 Å². The number of hydrogen-bond acceptors (Lipinski definition) is 4. The van der Waals surface area contributed by atoms with Crippen LogP contribution in [0.5, 0.6) is 5.75 Å². The summed E-state index contributed by atoms with van der Waals surface area (Å²) in [5, 5.41) is 0. The van der Waals surface area contributed by atoms with Crippen molar-refractivity contribution in [3.63, 3.8) is 0 Å². The SMILES string of the molecule is COc1ccc(C(N)c2cnccn2)cc1F. The maximum atomic E-state index is 13.5. The number of benzene rings is 1. The Bertz CT molecular complexity index is 504. The maximum Gasteiger partial charge on any atom is 0.165 e. The van der Waals surface area contributed by atoms with Crippen molar-refractivity contribution in [1.82, 2.24) is 9.97 Å². The minimum absolute atomic E-state index is 0.195. The second-order valence-corrected chi connectivity index (χ2v) is 3.50. The number of rotatable bonds is 3. The molecule has 0 fully saturated rings. The topological polar surface area (TPSA) is 61.0 Å². The van der Waals surface area contributed by atoms with Gasteiger partial charge in [0, 0.05) is 12.4 Å². The van der Waals surface area contributed by atoms with Gasteiger partial charge in [0.2, 0.25) is 0 Å². The van der Waals surface area contributed by atoms with Crippen molar-refractivity contribution in [3.8, 4) is 5.75 Å². The third-order valence-electron chi connectivity index (χ3n) is 2.44. The lowest BCUT2D eigenvalue weighted by Crippen LogP contribution is -2.14. The lowest BCUT2D eigenvalue weighted by molar-refractivity contribution is 0.386. The molecule has 2 N–H and O–H groups in total. The minimum Gasteiger partial charge on any atom is -0.494 e. The number of ether oxygens (including phenoxy) is 1. The Morgan fingerprint density at radius 2 is 2.18 bits per heavy atom. The first-order valence-electron chi connectivity index (χ1n) is 5.07. The highest BCUT2D eigenvalue weighted by Crippen LogP contribution is 2.23. The fraction of sp³-hybridized carbons (Fsp3) is 0.167. The third-order valence-corrected chi connectivity index (χ3v) is 2.44. The molecule has 1 heterocycles. The first-order chi connectivity index (χ1) is 8.22. The van der Waals surface area contributed by atoms with Gasteiger partial charge in [-0.3, -0.25) is 9.97 Å². The Kier molecular flexibility index (Phi) is 3.30. The van der Waals surface area contributed by atoms with Gasteiger partial charge in [-0.2, -0.15) is 0 Å². The van der Waals surface area contributed by atoms with Crippen molar-refractivity contribution in [2.45, 2.75) is 6.04 Å². The van der Waals surface area contributed by atoms with Crippen molar-refractivity contribution in [2.75, 3.05) is 7.11 Å². The summed E-state index contributed by atoms with van der Waals surface area (Å²) < 4.78 is 18.4. The highest BCUT2D eigenvalue weighted by atomic mass is 19.1. The summed E-state index contributed by atoms with van der Waals surface area (Å²) in [5.41, 5.74) is 7.19. The third kappa shape index (κ3) is 2.39. The van der Waals surface area contributed by atoms with E-state index >= 15 is 0 Å². The van der Waals surface area contributed by atoms with Crippen LogP contribution in [0.1, 0.15) is 17.3 Å². The van der Waals surface area contributed by atoms with Crippen molar-refractivity contribution < 1.29 is 9.13 Å². The van der Waals surface area contributed by atoms with Crippen LogP contribution in [0.25, 0.3) is 0 Å². The molecule has 2 rings (SSSR count). The summed E-state index contributed by atoms with van der Waals surface area (Å²) in [6.45, 7) is 0. The molecule has 0 spiro atoms. The van der Waals surface area contributed by atoms with Gasteiger partial charge in [-0.1, -0.05) is 6.07 Å². The van der Waals surface area contributed by atoms with Gasteiger partial charge in [0.05, 0.1) is 25.0 Å². The predicted octanol–water partition coefficient (Wildman–Crippen LogP) is 1.67. The lowest BCUT2D eigenvalue weighted by atomic mass is 10.0. The first kappa shape index (κ1) is 11.5. The molecule has 17 heavy (non-hydrogen) atoms. The molecule has 0 aliphatic carbocycles. The van der Waals surface area contributed by atoms with E-state index in [0.717, 1.165) is 0 Å². The van der Waals surface area contributed by atoms with E-state index in [9.17, 15) is 4.39 Å². The van der Waals surface area contributed by atoms with Crippen molar-refractivity contribution in [2.24, 2.45) is 5.73 Å². The Hall–Kier alpha value is -2.01. The normalized spacial score (nSPS) is 12.2. The van der Waals surface area contributed by atoms with Crippen LogP contribution in [-0.2, 0) is 0 Å². The monoisotopic (exact) mass is 233 g/mol. The van der Waals surface area contributed by atoms with Crippen LogP contribution in [0.3, 0.4) is 0 Å². The lowest BCUT2D eigenvalue weighted by Gasteiger charge is -2.12. The fourth-order valence-corrected chi connectivity index (χ4v) is 1.52. The predicted molar refractivity (Wildman–Crippen MR) is 61.0 cm³/mol. The second kappa shape index (κ2) is 4.88. The summed E-state index contributed by atoms with van der Waals surface area (Å²) >= 11 is 0. The minimum atomic E-state index is -0.496. The van der Waals surface area contributed by atoms with Gasteiger partial charge < -0.3 is 10.5 Å². The molecule has 1 aromatic carbocycles. The number of methoxy groups -OCH3 is 1. The summed E-state index contributed by atoms with van der Waals surface area (Å²) in [6.07, 6.45) is 4.67. The number of nitrogens with two attached hydrogens (primary N) is 1. The van der Waals surface area contributed by atoms with Gasteiger partial charge in [-0.25, -0.2) is 4.39 Å². The molecule has 0 saturated heterocycles. The standard InChI is InChI=1S/C12H12FN3O/c1-17-11-3-2-8(6-9(11)13)12(14)10-7-15-4-5-16-10/h2-7,12H,14H2,1H3. The van der Waals surface area contributed by atoms with E-state index in [1.807, 2.05) is 0 Å². The van der Waals surface area contributed by atoms with Crippen molar-refractivity contribution in [1.29, 1.82) is 0 Å². The Labute approximate surface area is 98.3 Å². The molecule has 0 amide bonds. The molecule has 5 heteroatoms. The molecule has 0 saturated carbocycles. The summed E-state index contributed by atoms with van der Waals surface area (Å²) in [7, 11) is 1.42. The molecule has 0 aliphatic rings. The molecule has 0 radical (unpaired) electrons. The molecular weight excluding hydrogens is 221 g/mol. The quantitative estimate of drug-likeness (QED) is 0.876. The van der Waals surface area contributed by atoms with Crippen LogP contribution in [0.2, 0.25) is 0 Å². The zero-order valence-corrected chi connectivity index (χ0v) is 9.30. The summed E-state index contributed by atoms with van der Waals surface area (Å²) in [6, 6.07) is 4.10. The van der Waals surface area contributed by atoms with Crippen LogP contribution >= 0.6 is 0 Å². The Balaban J connectivity index is 2.32. The number of nitrogens with zero attached hydrogens (tertiary/aromatic N) is 2. The highest BCUT2D eigenvalue weighted by Gasteiger charge is 2.12. The van der Waals surface area contributed by atoms with E-state index in [4.69, 9.17) is 10.5 Å². The zero-order valence-electron chi connectivity index (χ0n) is 9.30. The van der Waals surface area contributed by atoms with Crippen LogP contribution in [0.15, 0.2) is 36.8 Å². The molecule has 0 bridgehead atoms. The largest absolute Gasteiger partial charge is 0.494 e. The Morgan fingerprint density at radius 1 is 1.35 bits per heavy atom. The second-order valence-electron chi connectivity index (χ2n) is 3.50. The van der Waals surface area contributed by atoms with Crippen LogP contribution in [0.4, 0.5) is 4.39 Å². The van der Waals surface area contributed by atoms with Gasteiger partial charge in [0.25, 0.3) is 0 Å². The van der Waals surface area contributed by atoms with Gasteiger partial charge in [-0.05, 0) is 17.7 Å². The number of aromatic nitrogens is 2. The Morgan fingerprint density at radius 3 is 2.76 bits per heavy atom. The maximum absolute atomic E-state index is 13.5. The van der Waals surface area contributed by atoms with E-state index in [1.165, 1.54) is 13.2 Å². The van der Waals surface area contributed by atoms with Gasteiger partial charge in [0.1, 0.15) is 0 Å². The molecule has 88 valence electrons. The fourth-order valence-electron chi connectivity index (χ4n) is 1.52. The zero-order chi connectivity index (χ0) is 12.3. The van der Waals surface area contributed by atoms with E-state index in [0.29, 0.717) is 11.3 Å². The van der Waals surface area contributed by atoms with E-state index in [1.54, 1.807) is 30.7 Å². The molecule has 1 aromatic heterocycles. The van der Waals surface area contributed by atoms with Crippen molar-refractivity contribution in [3.05, 3.63) is 53.9 Å². The van der Waals surface area contributed by atoms with Crippen LogP contribution in [0, 0.1) is 5.82 Å². The molecule has 0 aliphatic heterocycles. The molecule has 1 unspecified atom stereocenters. The van der Waals surface area contributed by atoms with E-state index < -0.39 is 11.9 Å². The van der Waals surface area contributed by atoms with E-state index in [-0.39, 0.29) is 5.75 Å². The first-order valence-corrected chi connectivity index (χ1v) is 5.07. The average molecular weight is 233 g/mol. The highest BCUT2D eigenvalue weighted by molar-refractivity contribution is 5.33. The smallest absolute Gasteiger partial charge is 0.165 e. The molecule has 1 atom stereocenters.